The van der Waals surface area contributed by atoms with Crippen LogP contribution in [0, 0.1) is 18.8 Å². The molecule has 0 spiro atoms. The highest BCUT2D eigenvalue weighted by molar-refractivity contribution is 5.95. The highest BCUT2D eigenvalue weighted by Crippen LogP contribution is 2.39. The van der Waals surface area contributed by atoms with Crippen molar-refractivity contribution in [2.75, 3.05) is 12.3 Å². The maximum atomic E-state index is 12.9. The lowest BCUT2D eigenvalue weighted by atomic mass is 9.72. The smallest absolute Gasteiger partial charge is 0.254 e. The van der Waals surface area contributed by atoms with E-state index in [4.69, 9.17) is 5.73 Å². The van der Waals surface area contributed by atoms with Crippen molar-refractivity contribution in [3.05, 3.63) is 29.3 Å². The first-order chi connectivity index (χ1) is 10.1. The van der Waals surface area contributed by atoms with Gasteiger partial charge in [-0.3, -0.25) is 4.79 Å². The molecule has 1 aliphatic heterocycles. The summed E-state index contributed by atoms with van der Waals surface area (Å²) >= 11 is 0. The Balaban J connectivity index is 1.84. The van der Waals surface area contributed by atoms with Gasteiger partial charge in [0, 0.05) is 23.8 Å². The number of nitrogen functional groups attached to an aromatic ring is 1. The molecule has 0 radical (unpaired) electrons. The number of benzene rings is 1. The molecular formula is C18H26N2O. The van der Waals surface area contributed by atoms with Crippen LogP contribution in [-0.4, -0.2) is 23.4 Å². The summed E-state index contributed by atoms with van der Waals surface area (Å²) < 4.78 is 0. The number of amides is 1. The molecule has 3 heteroatoms. The van der Waals surface area contributed by atoms with Gasteiger partial charge in [-0.15, -0.1) is 0 Å². The zero-order valence-electron chi connectivity index (χ0n) is 13.1. The fourth-order valence-corrected chi connectivity index (χ4v) is 4.10. The molecule has 0 bridgehead atoms. The van der Waals surface area contributed by atoms with Crippen molar-refractivity contribution in [2.45, 2.75) is 52.0 Å². The first-order valence-corrected chi connectivity index (χ1v) is 8.25. The van der Waals surface area contributed by atoms with Gasteiger partial charge in [0.05, 0.1) is 0 Å². The summed E-state index contributed by atoms with van der Waals surface area (Å²) in [6.45, 7) is 5.23. The van der Waals surface area contributed by atoms with E-state index in [9.17, 15) is 4.79 Å². The number of likely N-dealkylation sites (tertiary alicyclic amines) is 1. The standard InChI is InChI=1S/C18H26N2O/c1-12-9-10-20(17-6-4-3-5-15(12)17)18(21)14-8-7-13(2)16(19)11-14/h7-8,11-12,15,17H,3-6,9-10,19H2,1-2H3. The zero-order valence-corrected chi connectivity index (χ0v) is 13.1. The average molecular weight is 286 g/mol. The monoisotopic (exact) mass is 286 g/mol. The third-order valence-electron chi connectivity index (χ3n) is 5.53. The van der Waals surface area contributed by atoms with Crippen LogP contribution in [0.25, 0.3) is 0 Å². The minimum Gasteiger partial charge on any atom is -0.398 e. The van der Waals surface area contributed by atoms with Gasteiger partial charge in [0.1, 0.15) is 0 Å². The van der Waals surface area contributed by atoms with Crippen LogP contribution in [0.1, 0.15) is 54.9 Å². The second-order valence-corrected chi connectivity index (χ2v) is 6.85. The number of rotatable bonds is 1. The Morgan fingerprint density at radius 2 is 2.00 bits per heavy atom. The summed E-state index contributed by atoms with van der Waals surface area (Å²) in [7, 11) is 0. The van der Waals surface area contributed by atoms with Crippen LogP contribution in [0.5, 0.6) is 0 Å². The van der Waals surface area contributed by atoms with Gasteiger partial charge in [-0.1, -0.05) is 25.8 Å². The van der Waals surface area contributed by atoms with Gasteiger partial charge >= 0.3 is 0 Å². The van der Waals surface area contributed by atoms with Crippen LogP contribution in [0.3, 0.4) is 0 Å². The second-order valence-electron chi connectivity index (χ2n) is 6.85. The fraction of sp³-hybridized carbons (Fsp3) is 0.611. The van der Waals surface area contributed by atoms with Crippen LogP contribution in [0.2, 0.25) is 0 Å². The Labute approximate surface area is 127 Å². The molecule has 0 aromatic heterocycles. The highest BCUT2D eigenvalue weighted by atomic mass is 16.2. The first kappa shape index (κ1) is 14.4. The SMILES string of the molecule is Cc1ccc(C(=O)N2CCC(C)C3CCCCC32)cc1N. The van der Waals surface area contributed by atoms with E-state index in [1.54, 1.807) is 0 Å². The van der Waals surface area contributed by atoms with E-state index < -0.39 is 0 Å². The largest absolute Gasteiger partial charge is 0.398 e. The van der Waals surface area contributed by atoms with Crippen molar-refractivity contribution in [1.29, 1.82) is 0 Å². The normalized spacial score (nSPS) is 29.0. The molecule has 3 nitrogen and oxygen atoms in total. The van der Waals surface area contributed by atoms with E-state index in [2.05, 4.69) is 11.8 Å². The minimum absolute atomic E-state index is 0.172. The van der Waals surface area contributed by atoms with Gasteiger partial charge in [0.25, 0.3) is 5.91 Å². The molecule has 3 atom stereocenters. The first-order valence-electron chi connectivity index (χ1n) is 8.25. The van der Waals surface area contributed by atoms with E-state index in [1.807, 2.05) is 25.1 Å². The Hall–Kier alpha value is -1.51. The number of hydrogen-bond donors (Lipinski definition) is 1. The van der Waals surface area contributed by atoms with Gasteiger partial charge in [-0.25, -0.2) is 0 Å². The Kier molecular flexibility index (Phi) is 3.92. The van der Waals surface area contributed by atoms with Gasteiger partial charge < -0.3 is 10.6 Å². The number of hydrogen-bond acceptors (Lipinski definition) is 2. The topological polar surface area (TPSA) is 46.3 Å². The van der Waals surface area contributed by atoms with Gasteiger partial charge in [-0.2, -0.15) is 0 Å². The lowest BCUT2D eigenvalue weighted by Crippen LogP contribution is -2.52. The molecule has 1 aromatic carbocycles. The number of carbonyl (C=O) groups is 1. The second kappa shape index (κ2) is 5.70. The quantitative estimate of drug-likeness (QED) is 0.801. The molecule has 1 saturated carbocycles. The Bertz CT molecular complexity index is 540. The molecule has 2 N–H and O–H groups in total. The third-order valence-corrected chi connectivity index (χ3v) is 5.53. The maximum absolute atomic E-state index is 12.9. The molecule has 1 heterocycles. The maximum Gasteiger partial charge on any atom is 0.254 e. The molecule has 1 amide bonds. The molecule has 1 saturated heterocycles. The Morgan fingerprint density at radius 3 is 2.76 bits per heavy atom. The molecule has 21 heavy (non-hydrogen) atoms. The van der Waals surface area contributed by atoms with E-state index in [1.165, 1.54) is 25.7 Å². The molecule has 114 valence electrons. The lowest BCUT2D eigenvalue weighted by Gasteiger charge is -2.47. The summed E-state index contributed by atoms with van der Waals surface area (Å²) in [6, 6.07) is 6.16. The molecule has 2 fully saturated rings. The van der Waals surface area contributed by atoms with Crippen LogP contribution in [0.4, 0.5) is 5.69 Å². The molecular weight excluding hydrogens is 260 g/mol. The van der Waals surface area contributed by atoms with Crippen molar-refractivity contribution in [3.8, 4) is 0 Å². The van der Waals surface area contributed by atoms with Crippen LogP contribution in [0.15, 0.2) is 18.2 Å². The molecule has 1 aromatic rings. The van der Waals surface area contributed by atoms with Crippen LogP contribution >= 0.6 is 0 Å². The van der Waals surface area contributed by atoms with Crippen LogP contribution in [-0.2, 0) is 0 Å². The number of anilines is 1. The van der Waals surface area contributed by atoms with Crippen LogP contribution < -0.4 is 5.73 Å². The van der Waals surface area contributed by atoms with Crippen molar-refractivity contribution in [1.82, 2.24) is 4.90 Å². The molecule has 2 aliphatic rings. The fourth-order valence-electron chi connectivity index (χ4n) is 4.10. The Morgan fingerprint density at radius 1 is 1.24 bits per heavy atom. The van der Waals surface area contributed by atoms with Gasteiger partial charge in [-0.05, 0) is 55.7 Å². The van der Waals surface area contributed by atoms with Crippen molar-refractivity contribution in [2.24, 2.45) is 11.8 Å². The van der Waals surface area contributed by atoms with E-state index in [0.29, 0.717) is 17.6 Å². The summed E-state index contributed by atoms with van der Waals surface area (Å²) in [5.74, 6) is 1.62. The van der Waals surface area contributed by atoms with E-state index in [-0.39, 0.29) is 5.91 Å². The van der Waals surface area contributed by atoms with Crippen molar-refractivity contribution >= 4 is 11.6 Å². The van der Waals surface area contributed by atoms with E-state index in [0.717, 1.165) is 30.0 Å². The zero-order chi connectivity index (χ0) is 15.0. The minimum atomic E-state index is 0.172. The number of piperidine rings is 1. The summed E-state index contributed by atoms with van der Waals surface area (Å²) in [5, 5.41) is 0. The summed E-state index contributed by atoms with van der Waals surface area (Å²) in [4.78, 5) is 15.0. The van der Waals surface area contributed by atoms with Gasteiger partial charge in [0.15, 0.2) is 0 Å². The molecule has 3 rings (SSSR count). The summed E-state index contributed by atoms with van der Waals surface area (Å²) in [6.07, 6.45) is 6.17. The highest BCUT2D eigenvalue weighted by Gasteiger charge is 2.39. The number of carbonyl (C=O) groups excluding carboxylic acids is 1. The molecule has 3 unspecified atom stereocenters. The predicted molar refractivity (Wildman–Crippen MR) is 86.2 cm³/mol. The number of nitrogens with zero attached hydrogens (tertiary/aromatic N) is 1. The number of nitrogens with two attached hydrogens (primary N) is 1. The molecule has 1 aliphatic carbocycles. The predicted octanol–water partition coefficient (Wildman–Crippen LogP) is 3.62. The van der Waals surface area contributed by atoms with Crippen molar-refractivity contribution in [3.63, 3.8) is 0 Å². The average Bonchev–Trinajstić information content (AvgIpc) is 2.50. The van der Waals surface area contributed by atoms with Gasteiger partial charge in [0.2, 0.25) is 0 Å². The van der Waals surface area contributed by atoms with Crippen molar-refractivity contribution < 1.29 is 4.79 Å². The third kappa shape index (κ3) is 2.66. The summed E-state index contributed by atoms with van der Waals surface area (Å²) in [5.41, 5.74) is 8.47. The number of aryl methyl sites for hydroxylation is 1. The van der Waals surface area contributed by atoms with E-state index >= 15 is 0 Å². The number of fused-ring (bicyclic) bond motifs is 1. The lowest BCUT2D eigenvalue weighted by molar-refractivity contribution is 0.0218.